The van der Waals surface area contributed by atoms with E-state index in [2.05, 4.69) is 303 Å². The Morgan fingerprint density at radius 1 is 0.260 bits per heavy atom. The van der Waals surface area contributed by atoms with E-state index >= 15 is 0 Å². The summed E-state index contributed by atoms with van der Waals surface area (Å²) >= 11 is 0. The van der Waals surface area contributed by atoms with Gasteiger partial charge in [-0.05, 0) is 149 Å². The normalized spacial score (nSPS) is 12.4. The van der Waals surface area contributed by atoms with Gasteiger partial charge in [-0.15, -0.1) is 0 Å². The summed E-state index contributed by atoms with van der Waals surface area (Å²) in [6.45, 7) is 4.79. The zero-order valence-corrected chi connectivity index (χ0v) is 41.0. The van der Waals surface area contributed by atoms with Gasteiger partial charge in [0.05, 0.1) is 5.69 Å². The molecule has 2 heteroatoms. The van der Waals surface area contributed by atoms with Crippen molar-refractivity contribution in [2.45, 2.75) is 19.3 Å². The predicted molar refractivity (Wildman–Crippen MR) is 310 cm³/mol. The minimum absolute atomic E-state index is 0.275. The molecule has 0 aliphatic heterocycles. The molecule has 0 radical (unpaired) electrons. The predicted octanol–water partition coefficient (Wildman–Crippen LogP) is 19.9. The van der Waals surface area contributed by atoms with E-state index in [-0.39, 0.29) is 5.41 Å². The monoisotopic (exact) mass is 932 g/mol. The molecule has 2 nitrogen and oxygen atoms in total. The van der Waals surface area contributed by atoms with E-state index in [4.69, 9.17) is 0 Å². The average molecular weight is 933 g/mol. The molecular weight excluding hydrogens is 881 g/mol. The Kier molecular flexibility index (Phi) is 10.9. The Hall–Kier alpha value is -9.24. The van der Waals surface area contributed by atoms with Crippen molar-refractivity contribution in [2.75, 3.05) is 9.80 Å². The largest absolute Gasteiger partial charge is 0.310 e. The summed E-state index contributed by atoms with van der Waals surface area (Å²) in [6.07, 6.45) is 0. The first kappa shape index (κ1) is 43.8. The van der Waals surface area contributed by atoms with Gasteiger partial charge in [-0.25, -0.2) is 0 Å². The number of anilines is 6. The van der Waals surface area contributed by atoms with Gasteiger partial charge in [0.15, 0.2) is 0 Å². The number of benzene rings is 12. The van der Waals surface area contributed by atoms with Crippen LogP contribution in [0.3, 0.4) is 0 Å². The van der Waals surface area contributed by atoms with Crippen LogP contribution in [0.5, 0.6) is 0 Å². The second kappa shape index (κ2) is 18.2. The van der Waals surface area contributed by atoms with Crippen LogP contribution in [0.4, 0.5) is 34.1 Å². The Bertz CT molecular complexity index is 3940. The Morgan fingerprint density at radius 2 is 0.712 bits per heavy atom. The van der Waals surface area contributed by atoms with Crippen LogP contribution >= 0.6 is 0 Å². The molecule has 0 heterocycles. The first-order valence-electron chi connectivity index (χ1n) is 25.3. The molecule has 0 unspecified atom stereocenters. The highest BCUT2D eigenvalue weighted by molar-refractivity contribution is 6.08. The molecule has 0 aromatic heterocycles. The van der Waals surface area contributed by atoms with Crippen LogP contribution in [0.15, 0.2) is 279 Å². The van der Waals surface area contributed by atoms with Crippen LogP contribution in [0, 0.1) is 0 Å². The van der Waals surface area contributed by atoms with Crippen LogP contribution in [0.25, 0.3) is 77.2 Å². The van der Waals surface area contributed by atoms with E-state index < -0.39 is 0 Å². The zero-order valence-electron chi connectivity index (χ0n) is 41.0. The average Bonchev–Trinajstić information content (AvgIpc) is 3.68. The van der Waals surface area contributed by atoms with Crippen molar-refractivity contribution in [1.82, 2.24) is 0 Å². The van der Waals surface area contributed by atoms with Crippen molar-refractivity contribution in [3.05, 3.63) is 290 Å². The van der Waals surface area contributed by atoms with E-state index in [1.807, 2.05) is 0 Å². The minimum Gasteiger partial charge on any atom is -0.310 e. The first-order valence-corrected chi connectivity index (χ1v) is 25.3. The van der Waals surface area contributed by atoms with Gasteiger partial charge in [0, 0.05) is 39.4 Å². The molecule has 12 aromatic rings. The third-order valence-electron chi connectivity index (χ3n) is 15.0. The van der Waals surface area contributed by atoms with Crippen molar-refractivity contribution in [2.24, 2.45) is 0 Å². The van der Waals surface area contributed by atoms with Crippen molar-refractivity contribution in [3.63, 3.8) is 0 Å². The Balaban J connectivity index is 1.12. The highest BCUT2D eigenvalue weighted by Gasteiger charge is 2.37. The van der Waals surface area contributed by atoms with Crippen LogP contribution in [-0.4, -0.2) is 0 Å². The molecular formula is C71H52N2. The maximum absolute atomic E-state index is 2.54. The molecule has 12 aromatic carbocycles. The fraction of sp³-hybridized carbons (Fsp3) is 0.0423. The number of rotatable bonds is 10. The number of nitrogens with zero attached hydrogens (tertiary/aromatic N) is 2. The quantitative estimate of drug-likeness (QED) is 0.135. The van der Waals surface area contributed by atoms with Gasteiger partial charge >= 0.3 is 0 Å². The van der Waals surface area contributed by atoms with Crippen molar-refractivity contribution in [3.8, 4) is 55.6 Å². The fourth-order valence-corrected chi connectivity index (χ4v) is 11.5. The standard InChI is InChI=1S/C71H52N2/c1-71(2)66-46-54(49-22-8-3-9-23-49)37-41-64(66)65-42-39-58(48-67(65)71)73(68-43-38-51-25-19-21-35-62(51)70(68)53-28-12-5-13-29-53)60-45-55(44-59(47-60)72(56-30-14-6-15-31-56)57-32-16-7-17-33-57)63-40-36-50-24-18-20-34-61(50)69(63)52-26-10-4-11-27-52/h3-48H,1-2H3. The molecule has 0 fully saturated rings. The summed E-state index contributed by atoms with van der Waals surface area (Å²) < 4.78 is 0. The number of para-hydroxylation sites is 2. The molecule has 13 rings (SSSR count). The molecule has 346 valence electrons. The minimum atomic E-state index is -0.275. The van der Waals surface area contributed by atoms with E-state index in [1.54, 1.807) is 0 Å². The highest BCUT2D eigenvalue weighted by atomic mass is 15.2. The van der Waals surface area contributed by atoms with E-state index in [1.165, 1.54) is 71.6 Å². The van der Waals surface area contributed by atoms with Crippen molar-refractivity contribution < 1.29 is 0 Å². The molecule has 1 aliphatic rings. The van der Waals surface area contributed by atoms with Crippen LogP contribution in [0.2, 0.25) is 0 Å². The lowest BCUT2D eigenvalue weighted by atomic mass is 9.81. The summed E-state index contributed by atoms with van der Waals surface area (Å²) in [5.74, 6) is 0. The lowest BCUT2D eigenvalue weighted by molar-refractivity contribution is 0.660. The maximum Gasteiger partial charge on any atom is 0.0546 e. The summed E-state index contributed by atoms with van der Waals surface area (Å²) in [5.41, 5.74) is 20.9. The van der Waals surface area contributed by atoms with E-state index in [0.29, 0.717) is 0 Å². The molecule has 0 bridgehead atoms. The summed E-state index contributed by atoms with van der Waals surface area (Å²) in [5, 5.41) is 4.82. The van der Waals surface area contributed by atoms with Crippen LogP contribution < -0.4 is 9.80 Å². The summed E-state index contributed by atoms with van der Waals surface area (Å²) in [7, 11) is 0. The van der Waals surface area contributed by atoms with Gasteiger partial charge < -0.3 is 9.80 Å². The lowest BCUT2D eigenvalue weighted by Crippen LogP contribution is -2.17. The van der Waals surface area contributed by atoms with Crippen molar-refractivity contribution in [1.29, 1.82) is 0 Å². The molecule has 0 N–H and O–H groups in total. The third kappa shape index (κ3) is 7.76. The van der Waals surface area contributed by atoms with Crippen LogP contribution in [0.1, 0.15) is 25.0 Å². The smallest absolute Gasteiger partial charge is 0.0546 e. The van der Waals surface area contributed by atoms with Gasteiger partial charge in [-0.2, -0.15) is 0 Å². The Morgan fingerprint density at radius 3 is 1.32 bits per heavy atom. The zero-order chi connectivity index (χ0) is 48.9. The molecule has 0 spiro atoms. The SMILES string of the molecule is CC1(C)c2cc(-c3ccccc3)ccc2-c2ccc(N(c3cc(-c4ccc5ccccc5c4-c4ccccc4)cc(N(c4ccccc4)c4ccccc4)c3)c3ccc4ccccc4c3-c3ccccc3)cc21. The fourth-order valence-electron chi connectivity index (χ4n) is 11.5. The second-order valence-corrected chi connectivity index (χ2v) is 19.7. The molecule has 73 heavy (non-hydrogen) atoms. The molecule has 0 saturated carbocycles. The highest BCUT2D eigenvalue weighted by Crippen LogP contribution is 2.54. The lowest BCUT2D eigenvalue weighted by Gasteiger charge is -2.33. The van der Waals surface area contributed by atoms with E-state index in [0.717, 1.165) is 50.8 Å². The first-order chi connectivity index (χ1) is 36.0. The molecule has 0 atom stereocenters. The molecule has 0 amide bonds. The number of hydrogen-bond donors (Lipinski definition) is 0. The van der Waals surface area contributed by atoms with Crippen molar-refractivity contribution >= 4 is 55.7 Å². The molecule has 1 aliphatic carbocycles. The van der Waals surface area contributed by atoms with Gasteiger partial charge in [0.2, 0.25) is 0 Å². The number of fused-ring (bicyclic) bond motifs is 5. The van der Waals surface area contributed by atoms with Crippen LogP contribution in [-0.2, 0) is 5.41 Å². The van der Waals surface area contributed by atoms with E-state index in [9.17, 15) is 0 Å². The van der Waals surface area contributed by atoms with Gasteiger partial charge in [-0.3, -0.25) is 0 Å². The van der Waals surface area contributed by atoms with Gasteiger partial charge in [0.1, 0.15) is 0 Å². The van der Waals surface area contributed by atoms with Gasteiger partial charge in [0.25, 0.3) is 0 Å². The molecule has 0 saturated heterocycles. The maximum atomic E-state index is 2.54. The third-order valence-corrected chi connectivity index (χ3v) is 15.0. The summed E-state index contributed by atoms with van der Waals surface area (Å²) in [6, 6.07) is 103. The topological polar surface area (TPSA) is 6.48 Å². The number of hydrogen-bond acceptors (Lipinski definition) is 2. The summed E-state index contributed by atoms with van der Waals surface area (Å²) in [4.78, 5) is 4.94. The van der Waals surface area contributed by atoms with Gasteiger partial charge in [-0.1, -0.05) is 226 Å². The Labute approximate surface area is 428 Å². The second-order valence-electron chi connectivity index (χ2n) is 19.7.